The Morgan fingerprint density at radius 3 is 3.08 bits per heavy atom. The van der Waals surface area contributed by atoms with E-state index in [2.05, 4.69) is 20.6 Å². The van der Waals surface area contributed by atoms with Gasteiger partial charge in [-0.25, -0.2) is 0 Å². The van der Waals surface area contributed by atoms with E-state index in [4.69, 9.17) is 5.73 Å². The fraction of sp³-hybridized carbons (Fsp3) is 0.571. The van der Waals surface area contributed by atoms with Crippen LogP contribution in [0.5, 0.6) is 0 Å². The number of aliphatic imine (C=N–C) groups is 2. The molecule has 13 heavy (non-hydrogen) atoms. The van der Waals surface area contributed by atoms with Crippen molar-refractivity contribution in [3.8, 4) is 0 Å². The molecule has 0 aromatic rings. The minimum atomic E-state index is -0.545. The molecule has 70 valence electrons. The lowest BCUT2D eigenvalue weighted by Gasteiger charge is -2.30. The van der Waals surface area contributed by atoms with E-state index in [0.717, 1.165) is 5.71 Å². The predicted molar refractivity (Wildman–Crippen MR) is 48.5 cm³/mol. The summed E-state index contributed by atoms with van der Waals surface area (Å²) >= 11 is 0. The van der Waals surface area contributed by atoms with Crippen molar-refractivity contribution < 1.29 is 4.79 Å². The smallest absolute Gasteiger partial charge is 0.255 e. The first-order valence-corrected chi connectivity index (χ1v) is 4.07. The Morgan fingerprint density at radius 1 is 1.54 bits per heavy atom. The van der Waals surface area contributed by atoms with Gasteiger partial charge in [-0.15, -0.1) is 0 Å². The van der Waals surface area contributed by atoms with Crippen molar-refractivity contribution >= 4 is 17.5 Å². The second-order valence-corrected chi connectivity index (χ2v) is 3.10. The molecule has 4 N–H and O–H groups in total. The van der Waals surface area contributed by atoms with Crippen LogP contribution in [-0.2, 0) is 4.79 Å². The van der Waals surface area contributed by atoms with E-state index in [1.807, 2.05) is 6.92 Å². The third-order valence-electron chi connectivity index (χ3n) is 1.94. The van der Waals surface area contributed by atoms with Gasteiger partial charge in [-0.1, -0.05) is 0 Å². The molecule has 1 saturated heterocycles. The highest BCUT2D eigenvalue weighted by molar-refractivity contribution is 6.12. The Balaban J connectivity index is 2.25. The van der Waals surface area contributed by atoms with E-state index in [1.165, 1.54) is 0 Å². The third-order valence-corrected chi connectivity index (χ3v) is 1.94. The average Bonchev–Trinajstić information content (AvgIpc) is 2.06. The number of nitrogens with one attached hydrogen (secondary N) is 2. The van der Waals surface area contributed by atoms with Gasteiger partial charge in [0.1, 0.15) is 5.84 Å². The lowest BCUT2D eigenvalue weighted by molar-refractivity contribution is -0.122. The van der Waals surface area contributed by atoms with E-state index in [9.17, 15) is 4.79 Å². The van der Waals surface area contributed by atoms with Crippen LogP contribution in [0.4, 0.5) is 0 Å². The van der Waals surface area contributed by atoms with Gasteiger partial charge in [-0.2, -0.15) is 0 Å². The van der Waals surface area contributed by atoms with E-state index < -0.39 is 12.3 Å². The summed E-state index contributed by atoms with van der Waals surface area (Å²) in [5.41, 5.74) is 6.36. The lowest BCUT2D eigenvalue weighted by atomic mass is 10.2. The Bertz CT molecular complexity index is 308. The molecule has 0 radical (unpaired) electrons. The largest absolute Gasteiger partial charge is 0.339 e. The summed E-state index contributed by atoms with van der Waals surface area (Å²) in [4.78, 5) is 19.7. The number of rotatable bonds is 0. The molecule has 2 atom stereocenters. The topological polar surface area (TPSA) is 91.9 Å². The van der Waals surface area contributed by atoms with Crippen molar-refractivity contribution in [3.05, 3.63) is 0 Å². The number of fused-ring (bicyclic) bond motifs is 1. The number of amides is 1. The van der Waals surface area contributed by atoms with Gasteiger partial charge < -0.3 is 10.6 Å². The molecule has 0 aliphatic carbocycles. The van der Waals surface area contributed by atoms with Crippen molar-refractivity contribution in [1.29, 1.82) is 0 Å². The van der Waals surface area contributed by atoms with E-state index >= 15 is 0 Å². The maximum absolute atomic E-state index is 11.4. The second kappa shape index (κ2) is 2.81. The highest BCUT2D eigenvalue weighted by atomic mass is 16.2. The molecule has 1 fully saturated rings. The average molecular weight is 181 g/mol. The molecule has 2 aliphatic rings. The number of nitrogens with two attached hydrogens (primary N) is 1. The van der Waals surface area contributed by atoms with Gasteiger partial charge in [0.25, 0.3) is 5.91 Å². The Morgan fingerprint density at radius 2 is 2.31 bits per heavy atom. The molecule has 6 nitrogen and oxygen atoms in total. The van der Waals surface area contributed by atoms with Crippen LogP contribution >= 0.6 is 0 Å². The summed E-state index contributed by atoms with van der Waals surface area (Å²) in [7, 11) is 0. The predicted octanol–water partition coefficient (Wildman–Crippen LogP) is -1.81. The van der Waals surface area contributed by atoms with Crippen LogP contribution in [0.1, 0.15) is 6.92 Å². The van der Waals surface area contributed by atoms with Gasteiger partial charge in [0.05, 0.1) is 6.54 Å². The number of nitrogens with zero attached hydrogens (tertiary/aromatic N) is 2. The zero-order valence-corrected chi connectivity index (χ0v) is 7.24. The molecule has 0 aromatic carbocycles. The van der Waals surface area contributed by atoms with Crippen LogP contribution in [0.2, 0.25) is 0 Å². The van der Waals surface area contributed by atoms with Crippen LogP contribution in [-0.4, -0.2) is 36.3 Å². The van der Waals surface area contributed by atoms with Gasteiger partial charge in [-0.05, 0) is 6.92 Å². The number of carbonyl (C=O) groups excluding carboxylic acids is 1. The van der Waals surface area contributed by atoms with Crippen molar-refractivity contribution in [2.24, 2.45) is 15.7 Å². The molecule has 1 amide bonds. The maximum Gasteiger partial charge on any atom is 0.255 e. The van der Waals surface area contributed by atoms with Gasteiger partial charge in [0, 0.05) is 5.71 Å². The summed E-state index contributed by atoms with van der Waals surface area (Å²) < 4.78 is 0. The van der Waals surface area contributed by atoms with E-state index in [0.29, 0.717) is 12.4 Å². The summed E-state index contributed by atoms with van der Waals surface area (Å²) in [5, 5.41) is 5.40. The SMILES string of the molecule is CC1=NC2C(=O)NC(N)NC2=NC1. The van der Waals surface area contributed by atoms with Crippen molar-refractivity contribution in [2.75, 3.05) is 6.54 Å². The Kier molecular flexibility index (Phi) is 1.77. The highest BCUT2D eigenvalue weighted by Crippen LogP contribution is 2.05. The fourth-order valence-electron chi connectivity index (χ4n) is 1.34. The first-order valence-electron chi connectivity index (χ1n) is 4.07. The van der Waals surface area contributed by atoms with Gasteiger partial charge in [-0.3, -0.25) is 20.5 Å². The summed E-state index contributed by atoms with van der Waals surface area (Å²) in [6, 6.07) is -0.520. The standard InChI is InChI=1S/C7H11N5O/c1-3-2-9-5-4(10-3)6(13)12-7(8)11-5/h4,7H,2,8H2,1H3,(H,9,11)(H,12,13). The summed E-state index contributed by atoms with van der Waals surface area (Å²) in [5.74, 6) is 0.380. The second-order valence-electron chi connectivity index (χ2n) is 3.10. The van der Waals surface area contributed by atoms with E-state index in [1.54, 1.807) is 0 Å². The normalized spacial score (nSPS) is 32.3. The van der Waals surface area contributed by atoms with Crippen molar-refractivity contribution in [1.82, 2.24) is 10.6 Å². The lowest BCUT2D eigenvalue weighted by Crippen LogP contribution is -2.65. The summed E-state index contributed by atoms with van der Waals surface area (Å²) in [6.45, 7) is 2.39. The summed E-state index contributed by atoms with van der Waals surface area (Å²) in [6.07, 6.45) is -0.545. The van der Waals surface area contributed by atoms with Gasteiger partial charge in [0.2, 0.25) is 0 Å². The van der Waals surface area contributed by atoms with Crippen LogP contribution in [0, 0.1) is 0 Å². The first kappa shape index (κ1) is 8.18. The molecule has 0 saturated carbocycles. The molecule has 0 aromatic heterocycles. The maximum atomic E-state index is 11.4. The van der Waals surface area contributed by atoms with Crippen LogP contribution < -0.4 is 16.4 Å². The first-order chi connectivity index (χ1) is 6.16. The van der Waals surface area contributed by atoms with Crippen LogP contribution in [0.15, 0.2) is 9.98 Å². The zero-order valence-electron chi connectivity index (χ0n) is 7.24. The van der Waals surface area contributed by atoms with E-state index in [-0.39, 0.29) is 5.91 Å². The molecular formula is C7H11N5O. The van der Waals surface area contributed by atoms with Crippen LogP contribution in [0.3, 0.4) is 0 Å². The van der Waals surface area contributed by atoms with Crippen molar-refractivity contribution in [3.63, 3.8) is 0 Å². The quantitative estimate of drug-likeness (QED) is 0.411. The minimum Gasteiger partial charge on any atom is -0.339 e. The molecule has 0 bridgehead atoms. The molecule has 2 unspecified atom stereocenters. The molecule has 2 aliphatic heterocycles. The van der Waals surface area contributed by atoms with Gasteiger partial charge >= 0.3 is 0 Å². The molecule has 6 heteroatoms. The van der Waals surface area contributed by atoms with Crippen LogP contribution in [0.25, 0.3) is 0 Å². The number of hydrogen-bond donors (Lipinski definition) is 3. The Hall–Kier alpha value is -1.43. The van der Waals surface area contributed by atoms with Gasteiger partial charge in [0.15, 0.2) is 12.3 Å². The minimum absolute atomic E-state index is 0.191. The number of hydrogen-bond acceptors (Lipinski definition) is 5. The Labute approximate surface area is 75.3 Å². The monoisotopic (exact) mass is 181 g/mol. The highest BCUT2D eigenvalue weighted by Gasteiger charge is 2.32. The molecule has 0 spiro atoms. The molecule has 2 heterocycles. The third kappa shape index (κ3) is 1.40. The molecular weight excluding hydrogens is 170 g/mol. The van der Waals surface area contributed by atoms with Crippen molar-refractivity contribution in [2.45, 2.75) is 19.3 Å². The molecule has 2 rings (SSSR count). The fourth-order valence-corrected chi connectivity index (χ4v) is 1.34. The number of amidine groups is 1. The zero-order chi connectivity index (χ0) is 9.42. The number of carbonyl (C=O) groups is 1.